The molecule has 4 aromatic rings. The predicted molar refractivity (Wildman–Crippen MR) is 126 cm³/mol. The molecule has 0 atom stereocenters. The van der Waals surface area contributed by atoms with Crippen molar-refractivity contribution in [2.75, 3.05) is 7.11 Å². The van der Waals surface area contributed by atoms with Gasteiger partial charge in [0.05, 0.1) is 24.4 Å². The van der Waals surface area contributed by atoms with Gasteiger partial charge in [-0.3, -0.25) is 9.36 Å². The third-order valence-corrected chi connectivity index (χ3v) is 6.15. The fourth-order valence-electron chi connectivity index (χ4n) is 3.12. The Bertz CT molecular complexity index is 1250. The number of rotatable bonds is 8. The van der Waals surface area contributed by atoms with E-state index in [0.717, 1.165) is 5.56 Å². The van der Waals surface area contributed by atoms with Crippen molar-refractivity contribution >= 4 is 29.3 Å². The fraction of sp³-hybridized carbons (Fsp3) is 0.125. The van der Waals surface area contributed by atoms with Crippen LogP contribution in [0, 0.1) is 5.82 Å². The number of aromatic nitrogens is 3. The summed E-state index contributed by atoms with van der Waals surface area (Å²) in [6, 6.07) is 20.5. The van der Waals surface area contributed by atoms with E-state index < -0.39 is 0 Å². The molecule has 0 saturated carbocycles. The molecule has 0 unspecified atom stereocenters. The molecule has 0 aliphatic heterocycles. The number of nitrogens with zero attached hydrogens (tertiary/aromatic N) is 3. The summed E-state index contributed by atoms with van der Waals surface area (Å²) in [6.45, 7) is 0.153. The monoisotopic (exact) mass is 482 g/mol. The molecule has 1 heterocycles. The summed E-state index contributed by atoms with van der Waals surface area (Å²) in [4.78, 5) is 12.6. The molecule has 1 amide bonds. The Kier molecular flexibility index (Phi) is 7.26. The molecule has 4 rings (SSSR count). The quantitative estimate of drug-likeness (QED) is 0.345. The van der Waals surface area contributed by atoms with Gasteiger partial charge in [-0.1, -0.05) is 47.6 Å². The molecule has 1 N–H and O–H groups in total. The lowest BCUT2D eigenvalue weighted by atomic mass is 10.2. The minimum Gasteiger partial charge on any atom is -0.497 e. The van der Waals surface area contributed by atoms with Crippen molar-refractivity contribution in [3.8, 4) is 11.4 Å². The van der Waals surface area contributed by atoms with Crippen LogP contribution in [-0.4, -0.2) is 27.8 Å². The minimum absolute atomic E-state index is 0.153. The third-order valence-electron chi connectivity index (χ3n) is 4.83. The topological polar surface area (TPSA) is 69.0 Å². The van der Waals surface area contributed by atoms with Crippen LogP contribution in [0.3, 0.4) is 0 Å². The predicted octanol–water partition coefficient (Wildman–Crippen LogP) is 5.29. The second kappa shape index (κ2) is 10.5. The molecule has 1 aromatic heterocycles. The van der Waals surface area contributed by atoms with Crippen LogP contribution in [0.2, 0.25) is 5.02 Å². The van der Waals surface area contributed by atoms with E-state index in [1.807, 2.05) is 22.8 Å². The van der Waals surface area contributed by atoms with Crippen LogP contribution >= 0.6 is 23.4 Å². The Morgan fingerprint density at radius 1 is 1.06 bits per heavy atom. The third kappa shape index (κ3) is 5.53. The molecule has 168 valence electrons. The van der Waals surface area contributed by atoms with Crippen LogP contribution in [0.5, 0.6) is 5.75 Å². The lowest BCUT2D eigenvalue weighted by molar-refractivity contribution is 0.0949. The molecule has 0 fully saturated rings. The van der Waals surface area contributed by atoms with E-state index in [9.17, 15) is 9.18 Å². The highest BCUT2D eigenvalue weighted by Gasteiger charge is 2.18. The molecule has 0 saturated heterocycles. The number of carbonyl (C=O) groups is 1. The van der Waals surface area contributed by atoms with E-state index in [-0.39, 0.29) is 18.3 Å². The number of ether oxygens (including phenoxy) is 1. The Hall–Kier alpha value is -3.36. The molecule has 33 heavy (non-hydrogen) atoms. The number of carbonyl (C=O) groups excluding carboxylic acids is 1. The van der Waals surface area contributed by atoms with Gasteiger partial charge in [-0.25, -0.2) is 4.39 Å². The molecule has 3 aromatic carbocycles. The lowest BCUT2D eigenvalue weighted by Crippen LogP contribution is -2.24. The number of halogens is 2. The summed E-state index contributed by atoms with van der Waals surface area (Å²) < 4.78 is 20.2. The van der Waals surface area contributed by atoms with Gasteiger partial charge in [0.15, 0.2) is 11.0 Å². The van der Waals surface area contributed by atoms with Crippen molar-refractivity contribution < 1.29 is 13.9 Å². The number of methoxy groups -OCH3 is 1. The number of hydrogen-bond donors (Lipinski definition) is 1. The SMILES string of the molecule is COc1ccc(C(=O)NCc2nnc(SCc3ccc(F)cc3)n2-c2ccccc2Cl)cc1. The van der Waals surface area contributed by atoms with Crippen molar-refractivity contribution in [2.24, 2.45) is 0 Å². The van der Waals surface area contributed by atoms with Crippen LogP contribution in [0.4, 0.5) is 4.39 Å². The van der Waals surface area contributed by atoms with Crippen molar-refractivity contribution in [3.05, 3.63) is 101 Å². The van der Waals surface area contributed by atoms with E-state index in [0.29, 0.717) is 38.8 Å². The van der Waals surface area contributed by atoms with E-state index in [4.69, 9.17) is 16.3 Å². The zero-order valence-corrected chi connectivity index (χ0v) is 19.2. The molecule has 9 heteroatoms. The van der Waals surface area contributed by atoms with E-state index in [1.54, 1.807) is 49.6 Å². The molecule has 0 aliphatic carbocycles. The molecule has 0 bridgehead atoms. The Morgan fingerprint density at radius 2 is 1.79 bits per heavy atom. The van der Waals surface area contributed by atoms with Gasteiger partial charge in [0.25, 0.3) is 5.91 Å². The maximum atomic E-state index is 13.2. The molecule has 6 nitrogen and oxygen atoms in total. The maximum absolute atomic E-state index is 13.2. The van der Waals surface area contributed by atoms with Gasteiger partial charge < -0.3 is 10.1 Å². The number of amides is 1. The van der Waals surface area contributed by atoms with E-state index >= 15 is 0 Å². The Balaban J connectivity index is 1.56. The molecule has 0 radical (unpaired) electrons. The summed E-state index contributed by atoms with van der Waals surface area (Å²) in [5.41, 5.74) is 2.16. The summed E-state index contributed by atoms with van der Waals surface area (Å²) >= 11 is 7.90. The average molecular weight is 483 g/mol. The highest BCUT2D eigenvalue weighted by Crippen LogP contribution is 2.29. The van der Waals surface area contributed by atoms with Crippen LogP contribution in [0.25, 0.3) is 5.69 Å². The van der Waals surface area contributed by atoms with Crippen molar-refractivity contribution in [2.45, 2.75) is 17.5 Å². The average Bonchev–Trinajstić information content (AvgIpc) is 3.25. The van der Waals surface area contributed by atoms with Gasteiger partial charge in [0.1, 0.15) is 11.6 Å². The largest absolute Gasteiger partial charge is 0.497 e. The molecule has 0 spiro atoms. The van der Waals surface area contributed by atoms with Crippen LogP contribution < -0.4 is 10.1 Å². The number of nitrogens with one attached hydrogen (secondary N) is 1. The summed E-state index contributed by atoms with van der Waals surface area (Å²) in [5, 5.41) is 12.6. The Morgan fingerprint density at radius 3 is 2.48 bits per heavy atom. The van der Waals surface area contributed by atoms with Crippen molar-refractivity contribution in [3.63, 3.8) is 0 Å². The Labute approximate surface area is 199 Å². The minimum atomic E-state index is -0.280. The highest BCUT2D eigenvalue weighted by molar-refractivity contribution is 7.98. The first-order valence-electron chi connectivity index (χ1n) is 10.0. The van der Waals surface area contributed by atoms with E-state index in [1.165, 1.54) is 23.9 Å². The van der Waals surface area contributed by atoms with Gasteiger partial charge in [0, 0.05) is 11.3 Å². The van der Waals surface area contributed by atoms with Gasteiger partial charge >= 0.3 is 0 Å². The van der Waals surface area contributed by atoms with Gasteiger partial charge in [-0.2, -0.15) is 0 Å². The zero-order valence-electron chi connectivity index (χ0n) is 17.7. The number of thioether (sulfide) groups is 1. The molecular weight excluding hydrogens is 463 g/mol. The highest BCUT2D eigenvalue weighted by atomic mass is 35.5. The number of para-hydroxylation sites is 1. The number of hydrogen-bond acceptors (Lipinski definition) is 5. The lowest BCUT2D eigenvalue weighted by Gasteiger charge is -2.12. The number of benzene rings is 3. The first kappa shape index (κ1) is 22.8. The first-order chi connectivity index (χ1) is 16.0. The van der Waals surface area contributed by atoms with E-state index in [2.05, 4.69) is 15.5 Å². The van der Waals surface area contributed by atoms with Crippen LogP contribution in [-0.2, 0) is 12.3 Å². The van der Waals surface area contributed by atoms with Crippen molar-refractivity contribution in [1.82, 2.24) is 20.1 Å². The summed E-state index contributed by atoms with van der Waals surface area (Å²) in [5.74, 6) is 1.25. The van der Waals surface area contributed by atoms with Crippen LogP contribution in [0.15, 0.2) is 78.0 Å². The van der Waals surface area contributed by atoms with Gasteiger partial charge in [-0.05, 0) is 54.1 Å². The molecular formula is C24H20ClFN4O2S. The second-order valence-electron chi connectivity index (χ2n) is 7.01. The molecule has 0 aliphatic rings. The van der Waals surface area contributed by atoms with Crippen LogP contribution in [0.1, 0.15) is 21.7 Å². The van der Waals surface area contributed by atoms with Gasteiger partial charge in [0.2, 0.25) is 0 Å². The zero-order chi connectivity index (χ0) is 23.2. The normalized spacial score (nSPS) is 10.8. The standard InChI is InChI=1S/C24H20ClFN4O2S/c1-32-19-12-8-17(9-13-19)23(31)27-14-22-28-29-24(30(22)21-5-3-2-4-20(21)25)33-15-16-6-10-18(26)11-7-16/h2-13H,14-15H2,1H3,(H,27,31). The van der Waals surface area contributed by atoms with Gasteiger partial charge in [-0.15, -0.1) is 10.2 Å². The first-order valence-corrected chi connectivity index (χ1v) is 11.4. The summed E-state index contributed by atoms with van der Waals surface area (Å²) in [7, 11) is 1.57. The maximum Gasteiger partial charge on any atom is 0.251 e. The smallest absolute Gasteiger partial charge is 0.251 e. The fourth-order valence-corrected chi connectivity index (χ4v) is 4.26. The van der Waals surface area contributed by atoms with Crippen molar-refractivity contribution in [1.29, 1.82) is 0 Å². The summed E-state index contributed by atoms with van der Waals surface area (Å²) in [6.07, 6.45) is 0. The second-order valence-corrected chi connectivity index (χ2v) is 8.36.